The number of thioether (sulfide) groups is 2. The number of aliphatic imine (C=N–C) groups is 1. The van der Waals surface area contributed by atoms with Gasteiger partial charge in [-0.3, -0.25) is 14.6 Å². The molecule has 3 rings (SSSR count). The molecule has 0 bridgehead atoms. The molecule has 3 heterocycles. The van der Waals surface area contributed by atoms with Crippen LogP contribution in [0.25, 0.3) is 0 Å². The van der Waals surface area contributed by atoms with Gasteiger partial charge in [-0.2, -0.15) is 11.8 Å². The predicted molar refractivity (Wildman–Crippen MR) is 140 cm³/mol. The highest BCUT2D eigenvalue weighted by atomic mass is 32.2. The number of rotatable bonds is 10. The zero-order chi connectivity index (χ0) is 25.8. The zero-order valence-electron chi connectivity index (χ0n) is 21.5. The van der Waals surface area contributed by atoms with Gasteiger partial charge in [0.2, 0.25) is 6.79 Å². The number of esters is 2. The first-order valence-corrected chi connectivity index (χ1v) is 14.4. The lowest BCUT2D eigenvalue weighted by Crippen LogP contribution is -2.65. The maximum atomic E-state index is 12.9. The third-order valence-electron chi connectivity index (χ3n) is 6.53. The molecule has 0 saturated carbocycles. The number of carbonyl (C=O) groups excluding carboxylic acids is 3. The highest BCUT2D eigenvalue weighted by molar-refractivity contribution is 8.01. The van der Waals surface area contributed by atoms with Crippen LogP contribution in [0.1, 0.15) is 53.9 Å². The Labute approximate surface area is 217 Å². The van der Waals surface area contributed by atoms with E-state index in [0.717, 1.165) is 50.6 Å². The molecule has 11 heteroatoms. The highest BCUT2D eigenvalue weighted by Gasteiger charge is 2.64. The van der Waals surface area contributed by atoms with Crippen molar-refractivity contribution in [3.8, 4) is 0 Å². The van der Waals surface area contributed by atoms with Crippen LogP contribution in [-0.4, -0.2) is 94.1 Å². The third-order valence-corrected chi connectivity index (χ3v) is 9.37. The Morgan fingerprint density at radius 3 is 2.57 bits per heavy atom. The van der Waals surface area contributed by atoms with E-state index in [9.17, 15) is 14.4 Å². The minimum atomic E-state index is -0.739. The van der Waals surface area contributed by atoms with Crippen LogP contribution in [0.3, 0.4) is 0 Å². The molecular weight excluding hydrogens is 488 g/mol. The number of ether oxygens (including phenoxy) is 2. The minimum Gasteiger partial charge on any atom is -0.427 e. The van der Waals surface area contributed by atoms with Crippen molar-refractivity contribution in [3.63, 3.8) is 0 Å². The molecule has 0 aromatic carbocycles. The number of fused-ring (bicyclic) bond motifs is 1. The van der Waals surface area contributed by atoms with Gasteiger partial charge in [0, 0.05) is 17.8 Å². The van der Waals surface area contributed by atoms with Crippen molar-refractivity contribution in [1.82, 2.24) is 9.80 Å². The van der Waals surface area contributed by atoms with Crippen molar-refractivity contribution in [3.05, 3.63) is 0 Å². The summed E-state index contributed by atoms with van der Waals surface area (Å²) in [5.41, 5.74) is 4.88. The van der Waals surface area contributed by atoms with Gasteiger partial charge in [0.1, 0.15) is 11.4 Å². The van der Waals surface area contributed by atoms with Gasteiger partial charge >= 0.3 is 11.9 Å². The first kappa shape index (κ1) is 28.1. The maximum absolute atomic E-state index is 12.9. The SMILES string of the molecule is CC(C)(C)C(=O)OCOC(=O)[C@@H]1N2C(=O)[C@@H](N=CN3CCC(CSCCCN)CC3)[C@H]2SC1(C)C. The second-order valence-corrected chi connectivity index (χ2v) is 13.8. The predicted octanol–water partition coefficient (Wildman–Crippen LogP) is 2.33. The molecule has 0 aromatic rings. The standard InChI is InChI=1S/C24H40N4O5S2/c1-23(2,3)22(31)33-15-32-21(30)18-24(4,5)35-20-17(19(29)28(18)20)26-14-27-10-7-16(8-11-27)13-34-12-6-9-25/h14,16-18,20H,6-13,15,25H2,1-5H3/t17-,18+,20-/m1/s1. The normalized spacial score (nSPS) is 26.6. The Bertz CT molecular complexity index is 808. The van der Waals surface area contributed by atoms with Crippen LogP contribution in [-0.2, 0) is 23.9 Å². The molecule has 0 radical (unpaired) electrons. The molecular formula is C24H40N4O5S2. The Hall–Kier alpha value is -1.46. The second kappa shape index (κ2) is 11.7. The molecule has 0 spiro atoms. The van der Waals surface area contributed by atoms with Crippen LogP contribution in [0, 0.1) is 11.3 Å². The molecule has 1 amide bonds. The molecule has 198 valence electrons. The van der Waals surface area contributed by atoms with Crippen LogP contribution in [0.4, 0.5) is 0 Å². The van der Waals surface area contributed by atoms with Gasteiger partial charge in [0.05, 0.1) is 11.8 Å². The van der Waals surface area contributed by atoms with E-state index in [1.54, 1.807) is 37.4 Å². The fourth-order valence-electron chi connectivity index (χ4n) is 4.38. The van der Waals surface area contributed by atoms with E-state index >= 15 is 0 Å². The fourth-order valence-corrected chi connectivity index (χ4v) is 7.20. The van der Waals surface area contributed by atoms with Gasteiger partial charge in [-0.25, -0.2) is 4.79 Å². The van der Waals surface area contributed by atoms with Crippen molar-refractivity contribution in [2.24, 2.45) is 22.1 Å². The number of likely N-dealkylation sites (tertiary alicyclic amines) is 1. The summed E-state index contributed by atoms with van der Waals surface area (Å²) in [6.45, 7) is 11.2. The average Bonchev–Trinajstić information content (AvgIpc) is 3.04. The zero-order valence-corrected chi connectivity index (χ0v) is 23.2. The first-order chi connectivity index (χ1) is 16.5. The fraction of sp³-hybridized carbons (Fsp3) is 0.833. The topological polar surface area (TPSA) is 115 Å². The van der Waals surface area contributed by atoms with Gasteiger partial charge in [-0.05, 0) is 77.8 Å². The molecule has 0 aromatic heterocycles. The summed E-state index contributed by atoms with van der Waals surface area (Å²) in [4.78, 5) is 46.0. The van der Waals surface area contributed by atoms with Crippen molar-refractivity contribution >= 4 is 47.7 Å². The van der Waals surface area contributed by atoms with Crippen LogP contribution >= 0.6 is 23.5 Å². The van der Waals surface area contributed by atoms with Crippen LogP contribution in [0.2, 0.25) is 0 Å². The Kier molecular flexibility index (Phi) is 9.42. The summed E-state index contributed by atoms with van der Waals surface area (Å²) in [7, 11) is 0. The quantitative estimate of drug-likeness (QED) is 0.114. The number of nitrogens with zero attached hydrogens (tertiary/aromatic N) is 3. The van der Waals surface area contributed by atoms with Gasteiger partial charge in [-0.1, -0.05) is 0 Å². The lowest BCUT2D eigenvalue weighted by Gasteiger charge is -2.42. The van der Waals surface area contributed by atoms with Crippen molar-refractivity contribution in [2.75, 3.05) is 37.9 Å². The van der Waals surface area contributed by atoms with Crippen molar-refractivity contribution in [1.29, 1.82) is 0 Å². The van der Waals surface area contributed by atoms with Crippen LogP contribution in [0.5, 0.6) is 0 Å². The van der Waals surface area contributed by atoms with Gasteiger partial charge in [-0.15, -0.1) is 11.8 Å². The van der Waals surface area contributed by atoms with E-state index in [2.05, 4.69) is 9.89 Å². The number of nitrogens with two attached hydrogens (primary N) is 1. The third kappa shape index (κ3) is 6.85. The summed E-state index contributed by atoms with van der Waals surface area (Å²) in [6, 6.07) is -1.22. The molecule has 0 aliphatic carbocycles. The van der Waals surface area contributed by atoms with E-state index in [1.807, 2.05) is 31.9 Å². The smallest absolute Gasteiger partial charge is 0.333 e. The maximum Gasteiger partial charge on any atom is 0.333 e. The number of hydrogen-bond acceptors (Lipinski definition) is 9. The first-order valence-electron chi connectivity index (χ1n) is 12.3. The molecule has 3 atom stereocenters. The van der Waals surface area contributed by atoms with Gasteiger partial charge < -0.3 is 25.0 Å². The summed E-state index contributed by atoms with van der Waals surface area (Å²) in [5, 5.41) is -0.195. The lowest BCUT2D eigenvalue weighted by molar-refractivity contribution is -0.179. The van der Waals surface area contributed by atoms with E-state index in [0.29, 0.717) is 0 Å². The lowest BCUT2D eigenvalue weighted by atomic mass is 9.96. The average molecular weight is 529 g/mol. The molecule has 2 N–H and O–H groups in total. The number of carbonyl (C=O) groups is 3. The van der Waals surface area contributed by atoms with E-state index in [1.165, 1.54) is 5.75 Å². The number of piperidine rings is 1. The molecule has 35 heavy (non-hydrogen) atoms. The molecule has 9 nitrogen and oxygen atoms in total. The summed E-state index contributed by atoms with van der Waals surface area (Å²) < 4.78 is 9.75. The van der Waals surface area contributed by atoms with Crippen molar-refractivity contribution < 1.29 is 23.9 Å². The molecule has 3 saturated heterocycles. The molecule has 0 unspecified atom stereocenters. The Balaban J connectivity index is 1.47. The second-order valence-electron chi connectivity index (χ2n) is 10.9. The summed E-state index contributed by atoms with van der Waals surface area (Å²) in [6.07, 6.45) is 5.15. The van der Waals surface area contributed by atoms with Crippen LogP contribution in [0.15, 0.2) is 4.99 Å². The summed E-state index contributed by atoms with van der Waals surface area (Å²) >= 11 is 3.55. The van der Waals surface area contributed by atoms with E-state index in [-0.39, 0.29) is 11.3 Å². The van der Waals surface area contributed by atoms with Gasteiger partial charge in [0.25, 0.3) is 5.91 Å². The highest BCUT2D eigenvalue weighted by Crippen LogP contribution is 2.51. The number of amides is 1. The molecule has 3 fully saturated rings. The minimum absolute atomic E-state index is 0.163. The van der Waals surface area contributed by atoms with Crippen LogP contribution < -0.4 is 5.73 Å². The Morgan fingerprint density at radius 1 is 1.26 bits per heavy atom. The molecule has 3 aliphatic rings. The molecule has 3 aliphatic heterocycles. The van der Waals surface area contributed by atoms with Gasteiger partial charge in [0.15, 0.2) is 6.04 Å². The Morgan fingerprint density at radius 2 is 1.94 bits per heavy atom. The largest absolute Gasteiger partial charge is 0.427 e. The number of hydrogen-bond donors (Lipinski definition) is 1. The van der Waals surface area contributed by atoms with E-state index < -0.39 is 41.0 Å². The van der Waals surface area contributed by atoms with Crippen molar-refractivity contribution in [2.45, 2.75) is 76.1 Å². The number of β-lactam (4-membered cyclic amide) rings is 1. The van der Waals surface area contributed by atoms with E-state index in [4.69, 9.17) is 15.2 Å². The monoisotopic (exact) mass is 528 g/mol. The summed E-state index contributed by atoms with van der Waals surface area (Å²) in [5.74, 6) is 1.86.